The van der Waals surface area contributed by atoms with E-state index in [1.807, 2.05) is 36.1 Å². The number of carbonyl (C=O) groups excluding carboxylic acids is 2. The van der Waals surface area contributed by atoms with Gasteiger partial charge in [0.1, 0.15) is 5.75 Å². The van der Waals surface area contributed by atoms with Crippen LogP contribution in [0.1, 0.15) is 75.1 Å². The fourth-order valence-electron chi connectivity index (χ4n) is 7.40. The van der Waals surface area contributed by atoms with Crippen LogP contribution >= 0.6 is 0 Å². The second-order valence-corrected chi connectivity index (χ2v) is 10.7. The summed E-state index contributed by atoms with van der Waals surface area (Å²) in [5.41, 5.74) is 0.996. The lowest BCUT2D eigenvalue weighted by molar-refractivity contribution is -0.130. The Bertz CT molecular complexity index is 775. The van der Waals surface area contributed by atoms with Crippen molar-refractivity contribution in [2.45, 2.75) is 70.8 Å². The van der Waals surface area contributed by atoms with E-state index in [1.165, 1.54) is 38.5 Å². The molecule has 4 saturated carbocycles. The molecule has 0 aromatic heterocycles. The second-order valence-electron chi connectivity index (χ2n) is 10.7. The lowest BCUT2D eigenvalue weighted by Gasteiger charge is -2.56. The molecule has 5 heteroatoms. The van der Waals surface area contributed by atoms with Crippen molar-refractivity contribution in [1.29, 1.82) is 0 Å². The highest BCUT2D eigenvalue weighted by atomic mass is 16.5. The number of rotatable bonds is 6. The molecule has 1 saturated heterocycles. The molecule has 0 atom stereocenters. The summed E-state index contributed by atoms with van der Waals surface area (Å²) in [6.07, 6.45) is 10.5. The molecule has 168 valence electrons. The Balaban J connectivity index is 1.10. The van der Waals surface area contributed by atoms with Crippen molar-refractivity contribution < 1.29 is 14.3 Å². The molecule has 1 heterocycles. The van der Waals surface area contributed by atoms with E-state index < -0.39 is 0 Å². The van der Waals surface area contributed by atoms with Gasteiger partial charge in [-0.2, -0.15) is 0 Å². The van der Waals surface area contributed by atoms with Gasteiger partial charge in [0.15, 0.2) is 0 Å². The molecule has 4 bridgehead atoms. The minimum atomic E-state index is 0.0707. The van der Waals surface area contributed by atoms with Gasteiger partial charge >= 0.3 is 0 Å². The maximum absolute atomic E-state index is 12.9. The Kier molecular flexibility index (Phi) is 5.70. The van der Waals surface area contributed by atoms with E-state index in [4.69, 9.17) is 4.74 Å². The first-order chi connectivity index (χ1) is 15.0. The van der Waals surface area contributed by atoms with Crippen LogP contribution in [0.2, 0.25) is 0 Å². The summed E-state index contributed by atoms with van der Waals surface area (Å²) in [6.45, 7) is 3.98. The Morgan fingerprint density at radius 1 is 1.00 bits per heavy atom. The second kappa shape index (κ2) is 8.48. The van der Waals surface area contributed by atoms with Crippen molar-refractivity contribution in [3.05, 3.63) is 29.8 Å². The fraction of sp³-hybridized carbons (Fsp3) is 0.692. The average molecular weight is 425 g/mol. The Morgan fingerprint density at radius 2 is 1.58 bits per heavy atom. The average Bonchev–Trinajstić information content (AvgIpc) is 2.73. The van der Waals surface area contributed by atoms with E-state index >= 15 is 0 Å². The molecule has 31 heavy (non-hydrogen) atoms. The van der Waals surface area contributed by atoms with E-state index in [9.17, 15) is 9.59 Å². The Morgan fingerprint density at radius 3 is 2.13 bits per heavy atom. The highest BCUT2D eigenvalue weighted by Gasteiger charge is 2.51. The van der Waals surface area contributed by atoms with Crippen LogP contribution in [0.5, 0.6) is 5.75 Å². The van der Waals surface area contributed by atoms with E-state index in [0.717, 1.165) is 42.8 Å². The normalized spacial score (nSPS) is 32.2. The highest BCUT2D eigenvalue weighted by molar-refractivity contribution is 5.94. The number of benzene rings is 1. The molecule has 0 radical (unpaired) electrons. The zero-order valence-corrected chi connectivity index (χ0v) is 18.8. The van der Waals surface area contributed by atoms with Gasteiger partial charge in [0.05, 0.1) is 6.61 Å². The van der Waals surface area contributed by atoms with Gasteiger partial charge in [-0.3, -0.25) is 9.59 Å². The van der Waals surface area contributed by atoms with Gasteiger partial charge in [-0.15, -0.1) is 0 Å². The Hall–Kier alpha value is -2.04. The summed E-state index contributed by atoms with van der Waals surface area (Å²) in [4.78, 5) is 27.6. The minimum absolute atomic E-state index is 0.0707. The molecule has 6 rings (SSSR count). The monoisotopic (exact) mass is 424 g/mol. The molecule has 5 aliphatic rings. The predicted molar refractivity (Wildman–Crippen MR) is 120 cm³/mol. The maximum atomic E-state index is 12.9. The molecule has 1 aromatic carbocycles. The number of hydrogen-bond acceptors (Lipinski definition) is 3. The van der Waals surface area contributed by atoms with Crippen molar-refractivity contribution in [3.63, 3.8) is 0 Å². The Labute approximate surface area is 185 Å². The molecule has 2 amide bonds. The summed E-state index contributed by atoms with van der Waals surface area (Å²) >= 11 is 0. The zero-order chi connectivity index (χ0) is 21.4. The number of amides is 2. The molecular formula is C26H36N2O3. The number of piperidine rings is 1. The molecule has 5 nitrogen and oxygen atoms in total. The third-order valence-electron chi connectivity index (χ3n) is 8.26. The summed E-state index contributed by atoms with van der Waals surface area (Å²) < 4.78 is 5.46. The van der Waals surface area contributed by atoms with Gasteiger partial charge in [-0.1, -0.05) is 0 Å². The van der Waals surface area contributed by atoms with Crippen LogP contribution in [0.15, 0.2) is 24.3 Å². The van der Waals surface area contributed by atoms with Gasteiger partial charge in [0.25, 0.3) is 5.91 Å². The largest absolute Gasteiger partial charge is 0.494 e. The van der Waals surface area contributed by atoms with E-state index in [-0.39, 0.29) is 17.9 Å². The maximum Gasteiger partial charge on any atom is 0.253 e. The molecule has 1 N–H and O–H groups in total. The molecule has 1 aromatic rings. The first kappa shape index (κ1) is 20.8. The van der Waals surface area contributed by atoms with E-state index in [1.54, 1.807) is 0 Å². The highest BCUT2D eigenvalue weighted by Crippen LogP contribution is 2.61. The smallest absolute Gasteiger partial charge is 0.253 e. The lowest BCUT2D eigenvalue weighted by Crippen LogP contribution is -2.50. The molecule has 4 aliphatic carbocycles. The van der Waals surface area contributed by atoms with Crippen LogP contribution in [0.4, 0.5) is 0 Å². The number of hydrogen-bond donors (Lipinski definition) is 1. The van der Waals surface area contributed by atoms with Crippen molar-refractivity contribution in [1.82, 2.24) is 10.2 Å². The quantitative estimate of drug-likeness (QED) is 0.736. The molecule has 0 unspecified atom stereocenters. The van der Waals surface area contributed by atoms with Crippen LogP contribution in [0, 0.1) is 23.2 Å². The van der Waals surface area contributed by atoms with Crippen molar-refractivity contribution >= 4 is 11.8 Å². The van der Waals surface area contributed by atoms with Crippen molar-refractivity contribution in [2.75, 3.05) is 19.7 Å². The lowest BCUT2D eigenvalue weighted by atomic mass is 9.49. The third kappa shape index (κ3) is 4.47. The summed E-state index contributed by atoms with van der Waals surface area (Å²) in [6, 6.07) is 7.59. The number of ether oxygens (including phenoxy) is 1. The van der Waals surface area contributed by atoms with Crippen molar-refractivity contribution in [3.8, 4) is 5.75 Å². The fourth-order valence-corrected chi connectivity index (χ4v) is 7.40. The number of carbonyl (C=O) groups is 2. The third-order valence-corrected chi connectivity index (χ3v) is 8.26. The summed E-state index contributed by atoms with van der Waals surface area (Å²) in [7, 11) is 0. The zero-order valence-electron chi connectivity index (χ0n) is 18.8. The van der Waals surface area contributed by atoms with Gasteiger partial charge in [-0.05, 0) is 106 Å². The number of nitrogens with one attached hydrogen (secondary N) is 1. The summed E-state index contributed by atoms with van der Waals surface area (Å²) in [5, 5.41) is 3.32. The van der Waals surface area contributed by atoms with Crippen LogP contribution < -0.4 is 10.1 Å². The predicted octanol–water partition coefficient (Wildman–Crippen LogP) is 4.41. The number of likely N-dealkylation sites (tertiary alicyclic amines) is 1. The van der Waals surface area contributed by atoms with E-state index in [2.05, 4.69) is 5.32 Å². The molecule has 5 fully saturated rings. The topological polar surface area (TPSA) is 58.6 Å². The molecular weight excluding hydrogens is 388 g/mol. The van der Waals surface area contributed by atoms with Gasteiger partial charge in [0.2, 0.25) is 5.91 Å². The van der Waals surface area contributed by atoms with Gasteiger partial charge < -0.3 is 15.0 Å². The SMILES string of the molecule is CCOc1ccc(C(=O)N2CCC(NC(=O)CC34CC5CC(CC(C5)C3)C4)CC2)cc1. The van der Waals surface area contributed by atoms with Gasteiger partial charge in [-0.25, -0.2) is 0 Å². The first-order valence-corrected chi connectivity index (χ1v) is 12.3. The first-order valence-electron chi connectivity index (χ1n) is 12.3. The van der Waals surface area contributed by atoms with Crippen LogP contribution in [0.3, 0.4) is 0 Å². The van der Waals surface area contributed by atoms with Gasteiger partial charge in [0, 0.05) is 31.1 Å². The van der Waals surface area contributed by atoms with Crippen LogP contribution in [-0.4, -0.2) is 42.5 Å². The van der Waals surface area contributed by atoms with E-state index in [0.29, 0.717) is 30.7 Å². The number of nitrogens with zero attached hydrogens (tertiary/aromatic N) is 1. The van der Waals surface area contributed by atoms with Crippen LogP contribution in [-0.2, 0) is 4.79 Å². The van der Waals surface area contributed by atoms with Crippen LogP contribution in [0.25, 0.3) is 0 Å². The van der Waals surface area contributed by atoms with Crippen molar-refractivity contribution in [2.24, 2.45) is 23.2 Å². The molecule has 0 spiro atoms. The minimum Gasteiger partial charge on any atom is -0.494 e. The standard InChI is InChI=1S/C26H36N2O3/c1-2-31-23-5-3-21(4-6-23)25(30)28-9-7-22(8-10-28)27-24(29)17-26-14-18-11-19(15-26)13-20(12-18)16-26/h3-6,18-20,22H,2,7-17H2,1H3,(H,27,29). The molecule has 1 aliphatic heterocycles. The summed E-state index contributed by atoms with van der Waals surface area (Å²) in [5.74, 6) is 3.77.